The van der Waals surface area contributed by atoms with Gasteiger partial charge in [-0.15, -0.1) is 0 Å². The normalized spacial score (nSPS) is 13.9. The lowest BCUT2D eigenvalue weighted by molar-refractivity contribution is 0.240. The number of rotatable bonds is 5. The number of nitrogens with one attached hydrogen (secondary N) is 1. The lowest BCUT2D eigenvalue weighted by atomic mass is 10.0. The molecule has 0 saturated carbocycles. The van der Waals surface area contributed by atoms with Gasteiger partial charge in [-0.25, -0.2) is 14.2 Å². The maximum Gasteiger partial charge on any atom is 0.326 e. The van der Waals surface area contributed by atoms with Crippen molar-refractivity contribution in [1.82, 2.24) is 19.8 Å². The van der Waals surface area contributed by atoms with Gasteiger partial charge in [-0.3, -0.25) is 9.47 Å². The molecule has 0 bridgehead atoms. The van der Waals surface area contributed by atoms with Gasteiger partial charge in [-0.2, -0.15) is 0 Å². The highest BCUT2D eigenvalue weighted by atomic mass is 79.9. The van der Waals surface area contributed by atoms with Crippen LogP contribution in [0.4, 0.5) is 9.18 Å². The molecule has 36 heavy (non-hydrogen) atoms. The number of halogens is 4. The van der Waals surface area contributed by atoms with Gasteiger partial charge >= 0.3 is 6.03 Å². The molecule has 1 aliphatic rings. The van der Waals surface area contributed by atoms with Crippen LogP contribution in [-0.4, -0.2) is 33.6 Å². The van der Waals surface area contributed by atoms with Gasteiger partial charge in [0.05, 0.1) is 10.5 Å². The molecule has 0 spiro atoms. The van der Waals surface area contributed by atoms with Gasteiger partial charge in [0.2, 0.25) is 0 Å². The molecule has 1 aliphatic heterocycles. The Balaban J connectivity index is 1.36. The molecule has 0 unspecified atom stereocenters. The second-order valence-electron chi connectivity index (χ2n) is 8.63. The summed E-state index contributed by atoms with van der Waals surface area (Å²) in [6, 6.07) is 14.1. The second-order valence-corrected chi connectivity index (χ2v) is 10.3. The minimum atomic E-state index is -0.422. The molecule has 0 saturated heterocycles. The Kier molecular flexibility index (Phi) is 7.44. The van der Waals surface area contributed by atoms with E-state index in [9.17, 15) is 9.18 Å². The van der Waals surface area contributed by atoms with Crippen molar-refractivity contribution in [3.63, 3.8) is 0 Å². The SMILES string of the molecule is O=C(NCc1ccnc(Cl)c1)n1c2c(c3ccc(Br)cc31)CN(C/C=C/c1ccc(F)c(Cl)c1)CC2. The van der Waals surface area contributed by atoms with E-state index in [-0.39, 0.29) is 11.1 Å². The largest absolute Gasteiger partial charge is 0.333 e. The van der Waals surface area contributed by atoms with Crippen LogP contribution in [-0.2, 0) is 19.5 Å². The summed E-state index contributed by atoms with van der Waals surface area (Å²) in [6.45, 7) is 2.62. The van der Waals surface area contributed by atoms with E-state index < -0.39 is 5.82 Å². The zero-order chi connectivity index (χ0) is 25.2. The first-order valence-corrected chi connectivity index (χ1v) is 13.0. The predicted molar refractivity (Wildman–Crippen MR) is 146 cm³/mol. The Labute approximate surface area is 226 Å². The van der Waals surface area contributed by atoms with Gasteiger partial charge in [-0.05, 0) is 53.1 Å². The Bertz CT molecular complexity index is 1490. The molecule has 0 radical (unpaired) electrons. The van der Waals surface area contributed by atoms with Crippen LogP contribution in [0.25, 0.3) is 17.0 Å². The van der Waals surface area contributed by atoms with Crippen LogP contribution in [0.1, 0.15) is 22.4 Å². The van der Waals surface area contributed by atoms with E-state index in [0.717, 1.165) is 63.8 Å². The van der Waals surface area contributed by atoms with Crippen molar-refractivity contribution >= 4 is 62.1 Å². The van der Waals surface area contributed by atoms with Crippen LogP contribution >= 0.6 is 39.1 Å². The lowest BCUT2D eigenvalue weighted by Crippen LogP contribution is -2.34. The number of carbonyl (C=O) groups excluding carboxylic acids is 1. The molecule has 3 heterocycles. The average molecular weight is 588 g/mol. The van der Waals surface area contributed by atoms with Crippen LogP contribution < -0.4 is 5.32 Å². The van der Waals surface area contributed by atoms with Gasteiger partial charge in [0.15, 0.2) is 0 Å². The summed E-state index contributed by atoms with van der Waals surface area (Å²) in [5.41, 5.74) is 4.80. The van der Waals surface area contributed by atoms with Crippen molar-refractivity contribution in [1.29, 1.82) is 0 Å². The van der Waals surface area contributed by atoms with Crippen LogP contribution in [0.15, 0.2) is 65.3 Å². The maximum absolute atomic E-state index is 13.4. The molecule has 1 N–H and O–H groups in total. The van der Waals surface area contributed by atoms with E-state index in [1.54, 1.807) is 29.0 Å². The van der Waals surface area contributed by atoms with E-state index in [2.05, 4.69) is 43.3 Å². The molecule has 5 nitrogen and oxygen atoms in total. The summed E-state index contributed by atoms with van der Waals surface area (Å²) in [5, 5.41) is 4.60. The number of fused-ring (bicyclic) bond motifs is 3. The van der Waals surface area contributed by atoms with Crippen molar-refractivity contribution in [3.8, 4) is 0 Å². The maximum atomic E-state index is 13.4. The van der Waals surface area contributed by atoms with E-state index in [4.69, 9.17) is 23.2 Å². The molecule has 0 aliphatic carbocycles. The molecule has 5 rings (SSSR count). The summed E-state index contributed by atoms with van der Waals surface area (Å²) in [4.78, 5) is 19.7. The van der Waals surface area contributed by atoms with Crippen LogP contribution in [0.5, 0.6) is 0 Å². The zero-order valence-electron chi connectivity index (χ0n) is 19.1. The first-order valence-electron chi connectivity index (χ1n) is 11.4. The number of aromatic nitrogens is 2. The van der Waals surface area contributed by atoms with E-state index in [1.165, 1.54) is 6.07 Å². The van der Waals surface area contributed by atoms with Crippen LogP contribution in [0.2, 0.25) is 10.2 Å². The van der Waals surface area contributed by atoms with Crippen molar-refractivity contribution in [2.75, 3.05) is 13.1 Å². The predicted octanol–water partition coefficient (Wildman–Crippen LogP) is 7.07. The molecule has 2 aromatic heterocycles. The first-order chi connectivity index (χ1) is 17.4. The third-order valence-corrected chi connectivity index (χ3v) is 7.24. The average Bonchev–Trinajstić information content (AvgIpc) is 3.17. The second kappa shape index (κ2) is 10.7. The molecule has 184 valence electrons. The smallest absolute Gasteiger partial charge is 0.326 e. The highest BCUT2D eigenvalue weighted by molar-refractivity contribution is 9.10. The van der Waals surface area contributed by atoms with Gasteiger partial charge in [0.25, 0.3) is 0 Å². The Morgan fingerprint density at radius 2 is 2.03 bits per heavy atom. The molecule has 0 fully saturated rings. The summed E-state index contributed by atoms with van der Waals surface area (Å²) < 4.78 is 16.1. The number of pyridine rings is 1. The Morgan fingerprint density at radius 3 is 2.83 bits per heavy atom. The molecule has 0 atom stereocenters. The van der Waals surface area contributed by atoms with Crippen LogP contribution in [0, 0.1) is 5.82 Å². The quantitative estimate of drug-likeness (QED) is 0.254. The number of carbonyl (C=O) groups is 1. The Morgan fingerprint density at radius 1 is 1.17 bits per heavy atom. The fraction of sp³-hybridized carbons (Fsp3) is 0.185. The van der Waals surface area contributed by atoms with Crippen LogP contribution in [0.3, 0.4) is 0 Å². The number of hydrogen-bond acceptors (Lipinski definition) is 3. The fourth-order valence-electron chi connectivity index (χ4n) is 4.54. The number of benzene rings is 2. The molecule has 2 aromatic carbocycles. The third-order valence-electron chi connectivity index (χ3n) is 6.25. The topological polar surface area (TPSA) is 50.2 Å². The molecular weight excluding hydrogens is 566 g/mol. The molecular formula is C27H22BrCl2FN4O. The van der Waals surface area contributed by atoms with E-state index in [1.807, 2.05) is 24.3 Å². The fourth-order valence-corrected chi connectivity index (χ4v) is 5.27. The Hall–Kier alpha value is -2.71. The summed E-state index contributed by atoms with van der Waals surface area (Å²) in [6.07, 6.45) is 6.37. The summed E-state index contributed by atoms with van der Waals surface area (Å²) >= 11 is 15.4. The minimum Gasteiger partial charge on any atom is -0.333 e. The van der Waals surface area contributed by atoms with E-state index >= 15 is 0 Å². The molecule has 4 aromatic rings. The highest BCUT2D eigenvalue weighted by Gasteiger charge is 2.26. The lowest BCUT2D eigenvalue weighted by Gasteiger charge is -2.27. The van der Waals surface area contributed by atoms with Gasteiger partial charge in [0, 0.05) is 54.3 Å². The van der Waals surface area contributed by atoms with Gasteiger partial charge in [0.1, 0.15) is 11.0 Å². The number of amides is 1. The van der Waals surface area contributed by atoms with Crippen molar-refractivity contribution < 1.29 is 9.18 Å². The standard InChI is InChI=1S/C27H22BrCl2FN4O/c28-19-4-5-20-21-16-34(10-1-2-17-3-6-23(31)22(29)12-17)11-8-24(21)35(25(20)14-19)27(36)33-15-18-7-9-32-26(30)13-18/h1-7,9,12-14H,8,10-11,15-16H2,(H,33,36)/b2-1+. The van der Waals surface area contributed by atoms with Crippen molar-refractivity contribution in [2.45, 2.75) is 19.5 Å². The molecule has 1 amide bonds. The minimum absolute atomic E-state index is 0.115. The third kappa shape index (κ3) is 5.34. The van der Waals surface area contributed by atoms with Gasteiger partial charge < -0.3 is 5.32 Å². The summed E-state index contributed by atoms with van der Waals surface area (Å²) in [5.74, 6) is -0.422. The molecule has 9 heteroatoms. The summed E-state index contributed by atoms with van der Waals surface area (Å²) in [7, 11) is 0. The number of hydrogen-bond donors (Lipinski definition) is 1. The van der Waals surface area contributed by atoms with Gasteiger partial charge in [-0.1, -0.05) is 63.4 Å². The zero-order valence-corrected chi connectivity index (χ0v) is 22.2. The number of nitrogens with zero attached hydrogens (tertiary/aromatic N) is 3. The highest BCUT2D eigenvalue weighted by Crippen LogP contribution is 2.32. The van der Waals surface area contributed by atoms with Crippen molar-refractivity contribution in [2.24, 2.45) is 0 Å². The monoisotopic (exact) mass is 586 g/mol. The first kappa shape index (κ1) is 25.0. The van der Waals surface area contributed by atoms with Crippen molar-refractivity contribution in [3.05, 3.63) is 104 Å². The van der Waals surface area contributed by atoms with E-state index in [0.29, 0.717) is 11.7 Å².